The van der Waals surface area contributed by atoms with Crippen LogP contribution in [0.4, 0.5) is 0 Å². The molecule has 0 unspecified atom stereocenters. The molecule has 0 aromatic rings. The van der Waals surface area contributed by atoms with Gasteiger partial charge in [-0.05, 0) is 6.92 Å². The minimum atomic E-state index is -3.38. The first-order valence-electron chi connectivity index (χ1n) is 1.90. The Bertz CT molecular complexity index is 127. The van der Waals surface area contributed by atoms with Crippen LogP contribution in [0.3, 0.4) is 0 Å². The Morgan fingerprint density at radius 3 is 2.38 bits per heavy atom. The van der Waals surface area contributed by atoms with Gasteiger partial charge < -0.3 is 4.62 Å². The normalized spacial score (nSPS) is 12.4. The molecule has 0 aliphatic heterocycles. The summed E-state index contributed by atoms with van der Waals surface area (Å²) in [4.78, 5) is 0. The molecular weight excluding hydrogens is 129 g/mol. The summed E-state index contributed by atoms with van der Waals surface area (Å²) in [5, 5.41) is 3.10. The Labute approximate surface area is 47.2 Å². The Morgan fingerprint density at radius 1 is 1.75 bits per heavy atom. The molecular formula is C2H8N3O2P. The van der Waals surface area contributed by atoms with E-state index in [9.17, 15) is 4.57 Å². The van der Waals surface area contributed by atoms with E-state index in [1.54, 1.807) is 6.92 Å². The number of rotatable bonds is 2. The molecule has 0 spiro atoms. The monoisotopic (exact) mass is 137 g/mol. The molecule has 4 N–H and O–H groups in total. The Kier molecular flexibility index (Phi) is 2.68. The van der Waals surface area contributed by atoms with E-state index in [0.717, 1.165) is 0 Å². The van der Waals surface area contributed by atoms with Gasteiger partial charge in [0, 0.05) is 6.21 Å². The maximum Gasteiger partial charge on any atom is 0.405 e. The molecule has 0 aromatic carbocycles. The van der Waals surface area contributed by atoms with Crippen LogP contribution >= 0.6 is 7.67 Å². The van der Waals surface area contributed by atoms with Crippen LogP contribution in [-0.2, 0) is 9.19 Å². The highest BCUT2D eigenvalue weighted by atomic mass is 31.2. The first-order chi connectivity index (χ1) is 3.56. The summed E-state index contributed by atoms with van der Waals surface area (Å²) in [7, 11) is -3.38. The zero-order chi connectivity index (χ0) is 6.62. The third-order valence-corrected chi connectivity index (χ3v) is 0.630. The second-order valence-electron chi connectivity index (χ2n) is 1.09. The highest BCUT2D eigenvalue weighted by Gasteiger charge is 2.05. The lowest BCUT2D eigenvalue weighted by Crippen LogP contribution is -2.04. The van der Waals surface area contributed by atoms with Gasteiger partial charge in [0.05, 0.1) is 0 Å². The van der Waals surface area contributed by atoms with Crippen molar-refractivity contribution in [1.29, 1.82) is 0 Å². The predicted octanol–water partition coefficient (Wildman–Crippen LogP) is 0.0342. The largest absolute Gasteiger partial charge is 0.405 e. The Hall–Kier alpha value is -0.380. The average molecular weight is 137 g/mol. The molecule has 8 heavy (non-hydrogen) atoms. The summed E-state index contributed by atoms with van der Waals surface area (Å²) < 4.78 is 14.3. The number of oxime groups is 1. The standard InChI is InChI=1S/C2H8N3O2P/c1-2-5-7-8(3,4)6/h2H,1H3,(H4,3,4,6)/b5-2+. The van der Waals surface area contributed by atoms with Crippen molar-refractivity contribution in [2.24, 2.45) is 16.2 Å². The first-order valence-corrected chi connectivity index (χ1v) is 3.66. The van der Waals surface area contributed by atoms with Gasteiger partial charge in [0.15, 0.2) is 0 Å². The van der Waals surface area contributed by atoms with Crippen molar-refractivity contribution >= 4 is 13.9 Å². The number of hydrogen-bond acceptors (Lipinski definition) is 3. The van der Waals surface area contributed by atoms with Crippen LogP contribution in [-0.4, -0.2) is 6.21 Å². The lowest BCUT2D eigenvalue weighted by atomic mass is 10.9. The summed E-state index contributed by atoms with van der Waals surface area (Å²) in [5.74, 6) is 0. The minimum absolute atomic E-state index is 1.30. The van der Waals surface area contributed by atoms with Gasteiger partial charge in [-0.25, -0.2) is 15.6 Å². The van der Waals surface area contributed by atoms with E-state index in [0.29, 0.717) is 0 Å². The maximum absolute atomic E-state index is 10.2. The summed E-state index contributed by atoms with van der Waals surface area (Å²) in [6.07, 6.45) is 1.30. The van der Waals surface area contributed by atoms with Gasteiger partial charge in [-0.1, -0.05) is 5.16 Å². The molecule has 0 atom stereocenters. The van der Waals surface area contributed by atoms with Crippen molar-refractivity contribution in [2.45, 2.75) is 6.92 Å². The molecule has 0 aliphatic rings. The topological polar surface area (TPSA) is 90.7 Å². The maximum atomic E-state index is 10.2. The minimum Gasteiger partial charge on any atom is -0.312 e. The quantitative estimate of drug-likeness (QED) is 0.319. The van der Waals surface area contributed by atoms with Crippen LogP contribution in [0, 0.1) is 0 Å². The van der Waals surface area contributed by atoms with Crippen LogP contribution in [0.5, 0.6) is 0 Å². The molecule has 0 bridgehead atoms. The van der Waals surface area contributed by atoms with E-state index in [-0.39, 0.29) is 0 Å². The molecule has 0 saturated heterocycles. The number of hydrogen-bond donors (Lipinski definition) is 2. The highest BCUT2D eigenvalue weighted by molar-refractivity contribution is 7.53. The van der Waals surface area contributed by atoms with E-state index in [2.05, 4.69) is 9.78 Å². The van der Waals surface area contributed by atoms with Crippen LogP contribution in [0.2, 0.25) is 0 Å². The fourth-order valence-corrected chi connectivity index (χ4v) is 0.362. The van der Waals surface area contributed by atoms with Crippen molar-refractivity contribution in [1.82, 2.24) is 0 Å². The number of nitrogens with zero attached hydrogens (tertiary/aromatic N) is 1. The summed E-state index contributed by atoms with van der Waals surface area (Å²) in [5.41, 5.74) is 9.44. The van der Waals surface area contributed by atoms with Gasteiger partial charge in [-0.15, -0.1) is 0 Å². The van der Waals surface area contributed by atoms with Gasteiger partial charge in [0.25, 0.3) is 0 Å². The van der Waals surface area contributed by atoms with E-state index < -0.39 is 7.67 Å². The van der Waals surface area contributed by atoms with Gasteiger partial charge in [0.2, 0.25) is 0 Å². The van der Waals surface area contributed by atoms with E-state index in [1.165, 1.54) is 6.21 Å². The van der Waals surface area contributed by atoms with Crippen molar-refractivity contribution in [3.05, 3.63) is 0 Å². The van der Waals surface area contributed by atoms with Crippen LogP contribution < -0.4 is 11.0 Å². The second-order valence-corrected chi connectivity index (χ2v) is 2.54. The molecule has 0 aromatic heterocycles. The predicted molar refractivity (Wildman–Crippen MR) is 31.2 cm³/mol. The fourth-order valence-electron chi connectivity index (χ4n) is 0.121. The summed E-state index contributed by atoms with van der Waals surface area (Å²) in [6.45, 7) is 1.59. The van der Waals surface area contributed by atoms with Crippen molar-refractivity contribution in [3.8, 4) is 0 Å². The lowest BCUT2D eigenvalue weighted by molar-refractivity contribution is 0.337. The molecule has 0 amide bonds. The van der Waals surface area contributed by atoms with E-state index in [4.69, 9.17) is 11.0 Å². The zero-order valence-corrected chi connectivity index (χ0v) is 5.34. The van der Waals surface area contributed by atoms with Gasteiger partial charge in [0.1, 0.15) is 0 Å². The SMILES string of the molecule is C/C=N/OP(N)(N)=O. The van der Waals surface area contributed by atoms with Crippen LogP contribution in [0.15, 0.2) is 5.16 Å². The second kappa shape index (κ2) is 2.81. The molecule has 48 valence electrons. The number of nitrogens with two attached hydrogens (primary N) is 2. The van der Waals surface area contributed by atoms with E-state index >= 15 is 0 Å². The lowest BCUT2D eigenvalue weighted by Gasteiger charge is -1.99. The average Bonchev–Trinajstić information content (AvgIpc) is 1.59. The molecule has 0 saturated carbocycles. The highest BCUT2D eigenvalue weighted by Crippen LogP contribution is 2.25. The molecule has 0 fully saturated rings. The molecule has 0 radical (unpaired) electrons. The molecule has 0 rings (SSSR count). The van der Waals surface area contributed by atoms with Gasteiger partial charge in [-0.3, -0.25) is 0 Å². The Balaban J connectivity index is 3.57. The Morgan fingerprint density at radius 2 is 2.25 bits per heavy atom. The molecule has 0 heterocycles. The smallest absolute Gasteiger partial charge is 0.312 e. The summed E-state index contributed by atoms with van der Waals surface area (Å²) >= 11 is 0. The van der Waals surface area contributed by atoms with Crippen molar-refractivity contribution in [3.63, 3.8) is 0 Å². The zero-order valence-electron chi connectivity index (χ0n) is 4.44. The third kappa shape index (κ3) is 5.62. The molecule has 6 heteroatoms. The third-order valence-electron chi connectivity index (χ3n) is 0.280. The summed E-state index contributed by atoms with van der Waals surface area (Å²) in [6, 6.07) is 0. The first kappa shape index (κ1) is 7.62. The van der Waals surface area contributed by atoms with Crippen LogP contribution in [0.1, 0.15) is 6.92 Å². The van der Waals surface area contributed by atoms with Gasteiger partial charge in [-0.2, -0.15) is 0 Å². The molecule has 0 aliphatic carbocycles. The van der Waals surface area contributed by atoms with Gasteiger partial charge >= 0.3 is 7.67 Å². The van der Waals surface area contributed by atoms with E-state index in [1.807, 2.05) is 0 Å². The fraction of sp³-hybridized carbons (Fsp3) is 0.500. The molecule has 5 nitrogen and oxygen atoms in total. The van der Waals surface area contributed by atoms with Crippen molar-refractivity contribution in [2.75, 3.05) is 0 Å². The van der Waals surface area contributed by atoms with Crippen LogP contribution in [0.25, 0.3) is 0 Å². The van der Waals surface area contributed by atoms with Crippen molar-refractivity contribution < 1.29 is 9.19 Å².